The van der Waals surface area contributed by atoms with Gasteiger partial charge in [0.25, 0.3) is 0 Å². The highest BCUT2D eigenvalue weighted by Crippen LogP contribution is 2.34. The molecule has 1 aliphatic rings. The Labute approximate surface area is 263 Å². The zero-order valence-electron chi connectivity index (χ0n) is 26.3. The number of hydrogen-bond donors (Lipinski definition) is 1. The van der Waals surface area contributed by atoms with Gasteiger partial charge in [-0.05, 0) is 69.2 Å². The van der Waals surface area contributed by atoms with Gasteiger partial charge in [-0.15, -0.1) is 0 Å². The van der Waals surface area contributed by atoms with E-state index < -0.39 is 11.7 Å². The number of aliphatic imine (C=N–C) groups is 1. The summed E-state index contributed by atoms with van der Waals surface area (Å²) >= 11 is 5.87. The summed E-state index contributed by atoms with van der Waals surface area (Å²) in [6.45, 7) is 18.3. The van der Waals surface area contributed by atoms with Crippen molar-refractivity contribution in [2.45, 2.75) is 61.1 Å². The minimum absolute atomic E-state index is 0.283. The number of halogens is 4. The molecule has 0 saturated heterocycles. The normalized spacial score (nSPS) is 11.9. The predicted molar refractivity (Wildman–Crippen MR) is 178 cm³/mol. The Hall–Kier alpha value is -4.24. The molecule has 0 aliphatic carbocycles. The van der Waals surface area contributed by atoms with Gasteiger partial charge in [-0.25, -0.2) is 15.0 Å². The van der Waals surface area contributed by atoms with Crippen molar-refractivity contribution in [3.8, 4) is 5.69 Å². The second-order valence-corrected chi connectivity index (χ2v) is 9.57. The van der Waals surface area contributed by atoms with Crippen molar-refractivity contribution < 1.29 is 13.2 Å². The molecule has 0 amide bonds. The molecular formula is C34H40ClF3N6. The molecule has 0 bridgehead atoms. The summed E-state index contributed by atoms with van der Waals surface area (Å²) in [6.07, 6.45) is 3.87. The number of hydrogen-bond acceptors (Lipinski definition) is 5. The smallest absolute Gasteiger partial charge is 0.355 e. The highest BCUT2D eigenvalue weighted by molar-refractivity contribution is 6.30. The van der Waals surface area contributed by atoms with Gasteiger partial charge < -0.3 is 9.88 Å². The van der Waals surface area contributed by atoms with E-state index in [1.165, 1.54) is 6.33 Å². The molecule has 234 valence electrons. The molecule has 10 heteroatoms. The van der Waals surface area contributed by atoms with Crippen LogP contribution in [0.1, 0.15) is 68.1 Å². The molecule has 0 saturated carbocycles. The van der Waals surface area contributed by atoms with E-state index in [-0.39, 0.29) is 5.69 Å². The quantitative estimate of drug-likeness (QED) is 0.240. The van der Waals surface area contributed by atoms with Crippen LogP contribution in [0.25, 0.3) is 17.0 Å². The number of benzene rings is 2. The second-order valence-electron chi connectivity index (χ2n) is 9.13. The molecule has 0 unspecified atom stereocenters. The minimum Gasteiger partial charge on any atom is -0.355 e. The average Bonchev–Trinajstić information content (AvgIpc) is 3.37. The van der Waals surface area contributed by atoms with E-state index >= 15 is 0 Å². The van der Waals surface area contributed by atoms with E-state index in [1.807, 2.05) is 53.8 Å². The van der Waals surface area contributed by atoms with Crippen molar-refractivity contribution in [2.75, 3.05) is 11.9 Å². The lowest BCUT2D eigenvalue weighted by Gasteiger charge is -2.16. The molecule has 4 aromatic rings. The van der Waals surface area contributed by atoms with Crippen molar-refractivity contribution >= 4 is 34.8 Å². The fourth-order valence-corrected chi connectivity index (χ4v) is 4.07. The molecule has 2 aromatic carbocycles. The van der Waals surface area contributed by atoms with Crippen LogP contribution < -0.4 is 5.32 Å². The van der Waals surface area contributed by atoms with Crippen LogP contribution >= 0.6 is 11.6 Å². The van der Waals surface area contributed by atoms with Gasteiger partial charge in [0.15, 0.2) is 0 Å². The number of allylic oxidation sites excluding steroid dienone is 1. The Kier molecular flexibility index (Phi) is 14.0. The number of nitrogens with one attached hydrogen (secondary N) is 1. The molecule has 0 atom stereocenters. The number of alkyl halides is 3. The van der Waals surface area contributed by atoms with Gasteiger partial charge in [0.2, 0.25) is 0 Å². The summed E-state index contributed by atoms with van der Waals surface area (Å²) in [4.78, 5) is 16.8. The van der Waals surface area contributed by atoms with Gasteiger partial charge in [0.05, 0.1) is 23.3 Å². The Bertz CT molecular complexity index is 1570. The molecule has 0 spiro atoms. The van der Waals surface area contributed by atoms with Crippen LogP contribution in [0.4, 0.5) is 18.9 Å². The lowest BCUT2D eigenvalue weighted by Crippen LogP contribution is -2.08. The van der Waals surface area contributed by atoms with E-state index in [2.05, 4.69) is 37.9 Å². The average molecular weight is 625 g/mol. The SMILES string of the molecule is C=C(Nc1cc(-n2cnc(C)c2C)cc(C(F)(F)F)c1)c1ccc(Cl)cc1.CC.CC.Cc1nccc(C2=CCCN=C2)n1. The van der Waals surface area contributed by atoms with Gasteiger partial charge in [-0.3, -0.25) is 4.99 Å². The largest absolute Gasteiger partial charge is 0.416 e. The summed E-state index contributed by atoms with van der Waals surface area (Å²) in [5.41, 5.74) is 4.71. The van der Waals surface area contributed by atoms with Crippen molar-refractivity contribution in [1.29, 1.82) is 0 Å². The highest BCUT2D eigenvalue weighted by atomic mass is 35.5. The Morgan fingerprint density at radius 3 is 2.18 bits per heavy atom. The first-order valence-corrected chi connectivity index (χ1v) is 14.8. The number of imidazole rings is 1. The van der Waals surface area contributed by atoms with Crippen molar-refractivity contribution in [3.63, 3.8) is 0 Å². The second kappa shape index (κ2) is 17.2. The third-order valence-corrected chi connectivity index (χ3v) is 6.44. The van der Waals surface area contributed by atoms with Crippen LogP contribution in [-0.4, -0.2) is 32.3 Å². The maximum absolute atomic E-state index is 13.4. The predicted octanol–water partition coefficient (Wildman–Crippen LogP) is 9.94. The number of anilines is 1. The molecule has 0 radical (unpaired) electrons. The first-order chi connectivity index (χ1) is 21.0. The van der Waals surface area contributed by atoms with Crippen molar-refractivity contribution in [3.05, 3.63) is 113 Å². The maximum Gasteiger partial charge on any atom is 0.416 e. The van der Waals surface area contributed by atoms with Crippen molar-refractivity contribution in [2.24, 2.45) is 4.99 Å². The van der Waals surface area contributed by atoms with Crippen LogP contribution in [0.5, 0.6) is 0 Å². The number of aromatic nitrogens is 4. The molecule has 1 N–H and O–H groups in total. The van der Waals surface area contributed by atoms with Crippen LogP contribution in [-0.2, 0) is 6.18 Å². The minimum atomic E-state index is -4.47. The topological polar surface area (TPSA) is 68.0 Å². The number of rotatable bonds is 5. The summed E-state index contributed by atoms with van der Waals surface area (Å²) in [7, 11) is 0. The lowest BCUT2D eigenvalue weighted by molar-refractivity contribution is -0.137. The van der Waals surface area contributed by atoms with Crippen LogP contribution in [0.15, 0.2) is 78.7 Å². The standard InChI is InChI=1S/C20H17ClF3N3.C10H11N3.2C2H6/c1-12-14(3)27(11-25-12)19-9-16(20(22,23)24)8-18(10-19)26-13(2)15-4-6-17(21)7-5-15;1-8-12-6-4-10(13-8)9-3-2-5-11-7-9;2*1-2/h4-11,26H,2H2,1,3H3;3-4,6-7H,2,5H2,1H3;2*1-2H3. The van der Waals surface area contributed by atoms with E-state index in [9.17, 15) is 13.2 Å². The number of dihydropyridines is 1. The van der Waals surface area contributed by atoms with Crippen LogP contribution in [0.2, 0.25) is 5.02 Å². The van der Waals surface area contributed by atoms with Crippen molar-refractivity contribution in [1.82, 2.24) is 19.5 Å². The number of nitrogens with zero attached hydrogens (tertiary/aromatic N) is 5. The van der Waals surface area contributed by atoms with E-state index in [1.54, 1.807) is 48.0 Å². The fourth-order valence-electron chi connectivity index (χ4n) is 3.94. The van der Waals surface area contributed by atoms with Gasteiger partial charge >= 0.3 is 6.18 Å². The van der Waals surface area contributed by atoms with Crippen LogP contribution in [0, 0.1) is 20.8 Å². The molecule has 6 nitrogen and oxygen atoms in total. The first kappa shape index (κ1) is 36.0. The van der Waals surface area contributed by atoms with E-state index in [4.69, 9.17) is 11.6 Å². The molecule has 44 heavy (non-hydrogen) atoms. The zero-order valence-corrected chi connectivity index (χ0v) is 27.1. The lowest BCUT2D eigenvalue weighted by atomic mass is 10.1. The Balaban J connectivity index is 0.000000331. The number of aryl methyl sites for hydroxylation is 2. The van der Waals surface area contributed by atoms with Gasteiger partial charge in [-0.1, -0.05) is 64.1 Å². The maximum atomic E-state index is 13.4. The Morgan fingerprint density at radius 2 is 1.64 bits per heavy atom. The van der Waals surface area contributed by atoms with Gasteiger partial charge in [0.1, 0.15) is 5.82 Å². The molecule has 2 aromatic heterocycles. The summed E-state index contributed by atoms with van der Waals surface area (Å²) in [5, 5.41) is 3.52. The third-order valence-electron chi connectivity index (χ3n) is 6.19. The summed E-state index contributed by atoms with van der Waals surface area (Å²) in [5.74, 6) is 0.803. The Morgan fingerprint density at radius 1 is 0.955 bits per heavy atom. The summed E-state index contributed by atoms with van der Waals surface area (Å²) in [6, 6.07) is 12.6. The molecule has 1 aliphatic heterocycles. The molecular weight excluding hydrogens is 585 g/mol. The first-order valence-electron chi connectivity index (χ1n) is 14.5. The molecule has 5 rings (SSSR count). The third kappa shape index (κ3) is 10.2. The zero-order chi connectivity index (χ0) is 32.9. The highest BCUT2D eigenvalue weighted by Gasteiger charge is 2.31. The van der Waals surface area contributed by atoms with E-state index in [0.29, 0.717) is 16.4 Å². The van der Waals surface area contributed by atoms with Gasteiger partial charge in [-0.2, -0.15) is 13.2 Å². The molecule has 0 fully saturated rings. The summed E-state index contributed by atoms with van der Waals surface area (Å²) < 4.78 is 41.8. The monoisotopic (exact) mass is 624 g/mol. The van der Waals surface area contributed by atoms with Crippen LogP contribution in [0.3, 0.4) is 0 Å². The molecule has 3 heterocycles. The fraction of sp³-hybridized carbons (Fsp3) is 0.294. The van der Waals surface area contributed by atoms with E-state index in [0.717, 1.165) is 59.1 Å². The van der Waals surface area contributed by atoms with Gasteiger partial charge in [0, 0.05) is 52.3 Å².